The topological polar surface area (TPSA) is 6.25 Å². The second-order valence-corrected chi connectivity index (χ2v) is 3.45. The van der Waals surface area contributed by atoms with Gasteiger partial charge in [0, 0.05) is 31.2 Å². The van der Waals surface area contributed by atoms with Gasteiger partial charge in [0.05, 0.1) is 0 Å². The van der Waals surface area contributed by atoms with E-state index < -0.39 is 0 Å². The van der Waals surface area contributed by atoms with Gasteiger partial charge in [0.2, 0.25) is 0 Å². The Balaban J connectivity index is 0. The van der Waals surface area contributed by atoms with Gasteiger partial charge in [-0.3, -0.25) is 0 Å². The number of allylic oxidation sites excluding steroid dienone is 1. The Morgan fingerprint density at radius 2 is 1.92 bits per heavy atom. The summed E-state index contributed by atoms with van der Waals surface area (Å²) in [6.07, 6.45) is 4.18. The summed E-state index contributed by atoms with van der Waals surface area (Å²) in [5.74, 6) is 0. The van der Waals surface area contributed by atoms with Crippen molar-refractivity contribution in [3.05, 3.63) is 11.8 Å². The first kappa shape index (κ1) is 14.5. The van der Waals surface area contributed by atoms with E-state index in [0.29, 0.717) is 0 Å². The first-order valence-electron chi connectivity index (χ1n) is 3.50. The molecular weight excluding hydrogens is 239 g/mol. The molecule has 0 atom stereocenters. The summed E-state index contributed by atoms with van der Waals surface area (Å²) in [6, 6.07) is 0. The molecule has 0 radical (unpaired) electrons. The Labute approximate surface area is 89.5 Å². The summed E-state index contributed by atoms with van der Waals surface area (Å²) >= 11 is 3.42. The zero-order valence-corrected chi connectivity index (χ0v) is 10.4. The molecule has 4 heteroatoms. The van der Waals surface area contributed by atoms with Crippen LogP contribution < -0.4 is 12.4 Å². The van der Waals surface area contributed by atoms with Gasteiger partial charge in [0.15, 0.2) is 6.21 Å². The molecule has 0 spiro atoms. The molecule has 0 amide bonds. The minimum atomic E-state index is 0. The van der Waals surface area contributed by atoms with Crippen molar-refractivity contribution in [2.24, 2.45) is 0 Å². The number of hydrogen-bond acceptors (Lipinski definition) is 1. The molecular formula is C8H16BrClN2. The Morgan fingerprint density at radius 1 is 1.42 bits per heavy atom. The highest BCUT2D eigenvalue weighted by molar-refractivity contribution is 9.09. The standard InChI is InChI=1S/C8H16BrN2.ClH/c1-10(2)6-8(5-9)7-11(3)4;/h6-7H,5H2,1-4H3;1H/q+1;/p-1. The maximum atomic E-state index is 3.42. The maximum Gasteiger partial charge on any atom is 0.168 e. The molecule has 0 fully saturated rings. The quantitative estimate of drug-likeness (QED) is 0.327. The van der Waals surface area contributed by atoms with E-state index in [1.54, 1.807) is 0 Å². The fourth-order valence-corrected chi connectivity index (χ4v) is 1.06. The molecule has 0 N–H and O–H groups in total. The van der Waals surface area contributed by atoms with Crippen LogP contribution in [0.2, 0.25) is 0 Å². The van der Waals surface area contributed by atoms with Crippen LogP contribution in [0.25, 0.3) is 0 Å². The lowest BCUT2D eigenvalue weighted by atomic mass is 10.3. The summed E-state index contributed by atoms with van der Waals surface area (Å²) in [7, 11) is 8.08. The number of nitrogens with zero attached hydrogens (tertiary/aromatic N) is 2. The van der Waals surface area contributed by atoms with E-state index in [2.05, 4.69) is 28.3 Å². The van der Waals surface area contributed by atoms with Crippen molar-refractivity contribution >= 4 is 22.1 Å². The second-order valence-electron chi connectivity index (χ2n) is 2.89. The molecule has 0 aromatic rings. The summed E-state index contributed by atoms with van der Waals surface area (Å²) in [5, 5.41) is 0.892. The Bertz CT molecular complexity index is 172. The molecule has 0 aromatic carbocycles. The van der Waals surface area contributed by atoms with Crippen molar-refractivity contribution in [3.63, 3.8) is 0 Å². The number of alkyl halides is 1. The summed E-state index contributed by atoms with van der Waals surface area (Å²) in [4.78, 5) is 2.04. The average Bonchev–Trinajstić information content (AvgIpc) is 1.84. The minimum Gasteiger partial charge on any atom is -1.00 e. The second kappa shape index (κ2) is 7.62. The fraction of sp³-hybridized carbons (Fsp3) is 0.625. The molecule has 0 unspecified atom stereocenters. The molecule has 0 aliphatic heterocycles. The lowest BCUT2D eigenvalue weighted by Gasteiger charge is -2.04. The van der Waals surface area contributed by atoms with Gasteiger partial charge in [0.25, 0.3) is 0 Å². The fourth-order valence-electron chi connectivity index (χ4n) is 0.766. The molecule has 0 heterocycles. The van der Waals surface area contributed by atoms with Crippen LogP contribution in [0.5, 0.6) is 0 Å². The van der Waals surface area contributed by atoms with Crippen LogP contribution in [-0.4, -0.2) is 49.2 Å². The van der Waals surface area contributed by atoms with Crippen LogP contribution in [0.15, 0.2) is 11.8 Å². The SMILES string of the molecule is CN(C)C=C(C=[N+](C)C)CBr.[Cl-]. The van der Waals surface area contributed by atoms with Gasteiger partial charge in [-0.2, -0.15) is 0 Å². The monoisotopic (exact) mass is 254 g/mol. The third-order valence-electron chi connectivity index (χ3n) is 1.00. The van der Waals surface area contributed by atoms with Crippen molar-refractivity contribution in [1.29, 1.82) is 0 Å². The van der Waals surface area contributed by atoms with Crippen LogP contribution in [-0.2, 0) is 0 Å². The van der Waals surface area contributed by atoms with E-state index in [9.17, 15) is 0 Å². The van der Waals surface area contributed by atoms with Gasteiger partial charge in [-0.15, -0.1) is 0 Å². The first-order chi connectivity index (χ1) is 5.06. The molecule has 0 aliphatic carbocycles. The summed E-state index contributed by atoms with van der Waals surface area (Å²) in [6.45, 7) is 0. The van der Waals surface area contributed by atoms with Gasteiger partial charge < -0.3 is 17.3 Å². The Kier molecular flexibility index (Phi) is 9.21. The molecule has 72 valence electrons. The zero-order valence-electron chi connectivity index (χ0n) is 8.01. The summed E-state index contributed by atoms with van der Waals surface area (Å²) < 4.78 is 2.04. The van der Waals surface area contributed by atoms with E-state index in [1.807, 2.05) is 37.7 Å². The molecule has 0 aliphatic rings. The van der Waals surface area contributed by atoms with Crippen LogP contribution in [0.3, 0.4) is 0 Å². The number of rotatable bonds is 3. The van der Waals surface area contributed by atoms with E-state index >= 15 is 0 Å². The van der Waals surface area contributed by atoms with E-state index in [0.717, 1.165) is 5.33 Å². The largest absolute Gasteiger partial charge is 1.00 e. The number of hydrogen-bond donors (Lipinski definition) is 0. The molecule has 2 nitrogen and oxygen atoms in total. The average molecular weight is 256 g/mol. The van der Waals surface area contributed by atoms with Gasteiger partial charge in [-0.1, -0.05) is 15.9 Å². The number of halogens is 2. The maximum absolute atomic E-state index is 3.42. The summed E-state index contributed by atoms with van der Waals surface area (Å²) in [5.41, 5.74) is 1.26. The Hall–Kier alpha value is -0.0200. The lowest BCUT2D eigenvalue weighted by molar-refractivity contribution is -0.459. The molecule has 0 saturated carbocycles. The van der Waals surface area contributed by atoms with Crippen LogP contribution in [0, 0.1) is 0 Å². The van der Waals surface area contributed by atoms with Gasteiger partial charge in [-0.25, -0.2) is 4.58 Å². The van der Waals surface area contributed by atoms with Crippen molar-refractivity contribution in [2.45, 2.75) is 0 Å². The molecule has 0 aromatic heterocycles. The zero-order chi connectivity index (χ0) is 8.85. The predicted molar refractivity (Wildman–Crippen MR) is 53.7 cm³/mol. The Morgan fingerprint density at radius 3 is 2.17 bits per heavy atom. The molecule has 0 rings (SSSR count). The predicted octanol–water partition coefficient (Wildman–Crippen LogP) is -1.83. The normalized spacial score (nSPS) is 10.2. The van der Waals surface area contributed by atoms with E-state index in [4.69, 9.17) is 0 Å². The van der Waals surface area contributed by atoms with Crippen molar-refractivity contribution in [3.8, 4) is 0 Å². The third-order valence-corrected chi connectivity index (χ3v) is 1.65. The highest BCUT2D eigenvalue weighted by Gasteiger charge is 1.95. The van der Waals surface area contributed by atoms with Crippen LogP contribution in [0.1, 0.15) is 0 Å². The molecule has 0 bridgehead atoms. The first-order valence-corrected chi connectivity index (χ1v) is 4.62. The molecule has 0 saturated heterocycles. The smallest absolute Gasteiger partial charge is 0.168 e. The van der Waals surface area contributed by atoms with Gasteiger partial charge in [-0.05, 0) is 0 Å². The van der Waals surface area contributed by atoms with E-state index in [-0.39, 0.29) is 12.4 Å². The van der Waals surface area contributed by atoms with Crippen molar-refractivity contribution in [1.82, 2.24) is 4.90 Å². The van der Waals surface area contributed by atoms with Crippen LogP contribution >= 0.6 is 15.9 Å². The van der Waals surface area contributed by atoms with E-state index in [1.165, 1.54) is 5.57 Å². The van der Waals surface area contributed by atoms with Gasteiger partial charge in [0.1, 0.15) is 14.1 Å². The highest BCUT2D eigenvalue weighted by atomic mass is 79.9. The lowest BCUT2D eigenvalue weighted by Crippen LogP contribution is -3.00. The van der Waals surface area contributed by atoms with Crippen LogP contribution in [0.4, 0.5) is 0 Å². The molecule has 12 heavy (non-hydrogen) atoms. The van der Waals surface area contributed by atoms with Crippen molar-refractivity contribution < 1.29 is 17.0 Å². The van der Waals surface area contributed by atoms with Gasteiger partial charge >= 0.3 is 0 Å². The highest BCUT2D eigenvalue weighted by Crippen LogP contribution is 1.96. The van der Waals surface area contributed by atoms with Crippen molar-refractivity contribution in [2.75, 3.05) is 33.5 Å². The minimum absolute atomic E-state index is 0. The third kappa shape index (κ3) is 8.08.